The third-order valence-electron chi connectivity index (χ3n) is 5.29. The smallest absolute Gasteiger partial charge is 0.214 e. The molecule has 0 amide bonds. The number of aliphatic hydroxyl groups is 1. The van der Waals surface area contributed by atoms with E-state index in [2.05, 4.69) is 9.88 Å². The van der Waals surface area contributed by atoms with Gasteiger partial charge in [-0.15, -0.1) is 0 Å². The molecule has 0 unspecified atom stereocenters. The van der Waals surface area contributed by atoms with Crippen LogP contribution in [0.3, 0.4) is 0 Å². The first-order chi connectivity index (χ1) is 15.5. The minimum Gasteiger partial charge on any atom is -0.396 e. The molecule has 0 radical (unpaired) electrons. The molecule has 32 heavy (non-hydrogen) atoms. The Balaban J connectivity index is 1.62. The number of benzene rings is 1. The normalized spacial score (nSPS) is 15.1. The van der Waals surface area contributed by atoms with E-state index in [0.717, 1.165) is 22.6 Å². The van der Waals surface area contributed by atoms with E-state index in [1.54, 1.807) is 12.4 Å². The Morgan fingerprint density at radius 3 is 2.41 bits per heavy atom. The molecule has 0 aliphatic carbocycles. The Kier molecular flexibility index (Phi) is 7.00. The molecule has 1 N–H and O–H groups in total. The van der Waals surface area contributed by atoms with E-state index >= 15 is 0 Å². The Hall–Kier alpha value is -2.59. The molecule has 3 aromatic rings. The van der Waals surface area contributed by atoms with Crippen LogP contribution < -0.4 is 4.90 Å². The predicted molar refractivity (Wildman–Crippen MR) is 125 cm³/mol. The van der Waals surface area contributed by atoms with Gasteiger partial charge in [-0.2, -0.15) is 4.31 Å². The molecule has 1 aliphatic rings. The van der Waals surface area contributed by atoms with Gasteiger partial charge < -0.3 is 10.0 Å². The van der Waals surface area contributed by atoms with Crippen molar-refractivity contribution in [3.05, 3.63) is 59.9 Å². The highest BCUT2D eigenvalue weighted by Gasteiger charge is 2.27. The topological polar surface area (TPSA) is 99.5 Å². The number of nitrogens with zero attached hydrogens (tertiary/aromatic N) is 5. The molecule has 1 aliphatic heterocycles. The standard InChI is InChI=1S/C22H24ClN5O3S/c23-19-6-4-17(5-7-19)20-15-21(26-22(25-20)18-3-1-8-24-16-18)27-9-11-28(12-10-27)32(30,31)14-2-13-29/h1,3-8,15-16,29H,2,9-14H2. The van der Waals surface area contributed by atoms with E-state index < -0.39 is 10.0 Å². The summed E-state index contributed by atoms with van der Waals surface area (Å²) in [5.74, 6) is 1.25. The van der Waals surface area contributed by atoms with Crippen LogP contribution in [0.15, 0.2) is 54.9 Å². The maximum atomic E-state index is 12.4. The van der Waals surface area contributed by atoms with Crippen LogP contribution in [0, 0.1) is 0 Å². The highest BCUT2D eigenvalue weighted by atomic mass is 35.5. The summed E-state index contributed by atoms with van der Waals surface area (Å²) in [4.78, 5) is 15.7. The molecule has 0 atom stereocenters. The lowest BCUT2D eigenvalue weighted by Gasteiger charge is -2.35. The first-order valence-electron chi connectivity index (χ1n) is 10.4. The summed E-state index contributed by atoms with van der Waals surface area (Å²) in [7, 11) is -3.36. The molecule has 1 saturated heterocycles. The molecule has 2 aromatic heterocycles. The predicted octanol–water partition coefficient (Wildman–Crippen LogP) is 2.69. The van der Waals surface area contributed by atoms with Gasteiger partial charge in [-0.1, -0.05) is 23.7 Å². The molecular formula is C22H24ClN5O3S. The zero-order valence-electron chi connectivity index (χ0n) is 17.4. The van der Waals surface area contributed by atoms with Crippen molar-refractivity contribution in [2.24, 2.45) is 0 Å². The van der Waals surface area contributed by atoms with Gasteiger partial charge in [0, 0.05) is 67.4 Å². The molecular weight excluding hydrogens is 450 g/mol. The van der Waals surface area contributed by atoms with Gasteiger partial charge in [0.15, 0.2) is 5.82 Å². The summed E-state index contributed by atoms with van der Waals surface area (Å²) in [6, 6.07) is 13.1. The number of sulfonamides is 1. The van der Waals surface area contributed by atoms with Gasteiger partial charge >= 0.3 is 0 Å². The van der Waals surface area contributed by atoms with E-state index in [1.807, 2.05) is 42.5 Å². The lowest BCUT2D eigenvalue weighted by molar-refractivity contribution is 0.293. The van der Waals surface area contributed by atoms with Crippen LogP contribution in [0.2, 0.25) is 5.02 Å². The van der Waals surface area contributed by atoms with Crippen molar-refractivity contribution in [3.8, 4) is 22.6 Å². The third-order valence-corrected chi connectivity index (χ3v) is 7.50. The van der Waals surface area contributed by atoms with Gasteiger partial charge in [-0.25, -0.2) is 18.4 Å². The highest BCUT2D eigenvalue weighted by Crippen LogP contribution is 2.27. The number of aromatic nitrogens is 3. The lowest BCUT2D eigenvalue weighted by Crippen LogP contribution is -2.49. The number of rotatable bonds is 7. The maximum absolute atomic E-state index is 12.4. The monoisotopic (exact) mass is 473 g/mol. The van der Waals surface area contributed by atoms with E-state index in [4.69, 9.17) is 26.7 Å². The van der Waals surface area contributed by atoms with E-state index in [-0.39, 0.29) is 18.8 Å². The first-order valence-corrected chi connectivity index (χ1v) is 12.3. The van der Waals surface area contributed by atoms with Crippen molar-refractivity contribution in [1.82, 2.24) is 19.3 Å². The molecule has 0 spiro atoms. The van der Waals surface area contributed by atoms with Crippen LogP contribution >= 0.6 is 11.6 Å². The largest absolute Gasteiger partial charge is 0.396 e. The number of aliphatic hydroxyl groups excluding tert-OH is 1. The minimum absolute atomic E-state index is 0.0388. The number of halogens is 1. The SMILES string of the molecule is O=S(=O)(CCCO)N1CCN(c2cc(-c3ccc(Cl)cc3)nc(-c3cccnc3)n2)CC1. The Labute approximate surface area is 192 Å². The maximum Gasteiger partial charge on any atom is 0.214 e. The van der Waals surface area contributed by atoms with Crippen LogP contribution in [0.4, 0.5) is 5.82 Å². The van der Waals surface area contributed by atoms with Gasteiger partial charge in [0.05, 0.1) is 11.4 Å². The zero-order valence-corrected chi connectivity index (χ0v) is 19.0. The van der Waals surface area contributed by atoms with Crippen molar-refractivity contribution < 1.29 is 13.5 Å². The third kappa shape index (κ3) is 5.24. The summed E-state index contributed by atoms with van der Waals surface area (Å²) in [5, 5.41) is 9.60. The second kappa shape index (κ2) is 9.91. The summed E-state index contributed by atoms with van der Waals surface area (Å²) >= 11 is 6.04. The van der Waals surface area contributed by atoms with Crippen molar-refractivity contribution in [2.45, 2.75) is 6.42 Å². The van der Waals surface area contributed by atoms with Crippen molar-refractivity contribution in [2.75, 3.05) is 43.4 Å². The molecule has 0 bridgehead atoms. The van der Waals surface area contributed by atoms with E-state index in [9.17, 15) is 8.42 Å². The van der Waals surface area contributed by atoms with E-state index in [0.29, 0.717) is 37.0 Å². The summed E-state index contributed by atoms with van der Waals surface area (Å²) in [6.07, 6.45) is 3.66. The Morgan fingerprint density at radius 1 is 1.00 bits per heavy atom. The molecule has 0 saturated carbocycles. The molecule has 3 heterocycles. The van der Waals surface area contributed by atoms with E-state index in [1.165, 1.54) is 4.31 Å². The molecule has 168 valence electrons. The zero-order chi connectivity index (χ0) is 22.6. The van der Waals surface area contributed by atoms with Gasteiger partial charge in [-0.05, 0) is 30.7 Å². The summed E-state index contributed by atoms with van der Waals surface area (Å²) in [6.45, 7) is 1.64. The molecule has 4 rings (SSSR count). The van der Waals surface area contributed by atoms with Crippen LogP contribution in [-0.2, 0) is 10.0 Å². The average Bonchev–Trinajstić information content (AvgIpc) is 2.83. The fourth-order valence-corrected chi connectivity index (χ4v) is 5.16. The molecule has 10 heteroatoms. The molecule has 8 nitrogen and oxygen atoms in total. The second-order valence-corrected chi connectivity index (χ2v) is 9.99. The van der Waals surface area contributed by atoms with Gasteiger partial charge in [-0.3, -0.25) is 4.98 Å². The van der Waals surface area contributed by atoms with Crippen LogP contribution in [-0.4, -0.2) is 71.3 Å². The number of piperazine rings is 1. The van der Waals surface area contributed by atoms with Crippen molar-refractivity contribution >= 4 is 27.4 Å². The number of pyridine rings is 1. The average molecular weight is 474 g/mol. The van der Waals surface area contributed by atoms with Gasteiger partial charge in [0.25, 0.3) is 0 Å². The summed E-state index contributed by atoms with van der Waals surface area (Å²) < 4.78 is 26.4. The Morgan fingerprint density at radius 2 is 1.75 bits per heavy atom. The quantitative estimate of drug-likeness (QED) is 0.563. The van der Waals surface area contributed by atoms with Crippen molar-refractivity contribution in [1.29, 1.82) is 0 Å². The number of hydrogen-bond acceptors (Lipinski definition) is 7. The summed E-state index contributed by atoms with van der Waals surface area (Å²) in [5.41, 5.74) is 2.46. The fourth-order valence-electron chi connectivity index (χ4n) is 3.56. The minimum atomic E-state index is -3.36. The molecule has 1 fully saturated rings. The highest BCUT2D eigenvalue weighted by molar-refractivity contribution is 7.89. The lowest BCUT2D eigenvalue weighted by atomic mass is 10.1. The van der Waals surface area contributed by atoms with Gasteiger partial charge in [0.2, 0.25) is 10.0 Å². The number of hydrogen-bond donors (Lipinski definition) is 1. The van der Waals surface area contributed by atoms with Crippen LogP contribution in [0.1, 0.15) is 6.42 Å². The first kappa shape index (κ1) is 22.6. The second-order valence-electron chi connectivity index (χ2n) is 7.46. The van der Waals surface area contributed by atoms with Crippen LogP contribution in [0.5, 0.6) is 0 Å². The fraction of sp³-hybridized carbons (Fsp3) is 0.318. The van der Waals surface area contributed by atoms with Crippen LogP contribution in [0.25, 0.3) is 22.6 Å². The Bertz CT molecular complexity index is 1150. The molecule has 1 aromatic carbocycles. The van der Waals surface area contributed by atoms with Gasteiger partial charge in [0.1, 0.15) is 5.82 Å². The van der Waals surface area contributed by atoms with Crippen molar-refractivity contribution in [3.63, 3.8) is 0 Å². The number of anilines is 1.